The molecule has 0 bridgehead atoms. The van der Waals surface area contributed by atoms with Crippen molar-refractivity contribution in [2.24, 2.45) is 11.3 Å². The summed E-state index contributed by atoms with van der Waals surface area (Å²) in [5.74, 6) is 0.914. The standard InChI is InChI=1S/C17H29NS/c1-12-10-16(19-13(12)2)11-18-15-8-6-14(7-9-15)17(3,4)5/h10,14-15,18H,6-9,11H2,1-5H3. The Labute approximate surface area is 122 Å². The summed E-state index contributed by atoms with van der Waals surface area (Å²) in [7, 11) is 0. The van der Waals surface area contributed by atoms with Crippen molar-refractivity contribution >= 4 is 11.3 Å². The fourth-order valence-electron chi connectivity index (χ4n) is 3.15. The molecule has 1 aliphatic rings. The van der Waals surface area contributed by atoms with Crippen molar-refractivity contribution in [3.63, 3.8) is 0 Å². The lowest BCUT2D eigenvalue weighted by Gasteiger charge is -2.37. The van der Waals surface area contributed by atoms with Crippen LogP contribution in [0.1, 0.15) is 61.8 Å². The molecule has 1 fully saturated rings. The molecule has 108 valence electrons. The van der Waals surface area contributed by atoms with Crippen molar-refractivity contribution in [1.29, 1.82) is 0 Å². The molecule has 0 saturated heterocycles. The van der Waals surface area contributed by atoms with Crippen LogP contribution in [0.25, 0.3) is 0 Å². The molecule has 1 N–H and O–H groups in total. The van der Waals surface area contributed by atoms with Crippen LogP contribution in [0.3, 0.4) is 0 Å². The van der Waals surface area contributed by atoms with Crippen LogP contribution < -0.4 is 5.32 Å². The van der Waals surface area contributed by atoms with Crippen LogP contribution in [-0.2, 0) is 6.54 Å². The molecule has 1 saturated carbocycles. The van der Waals surface area contributed by atoms with Gasteiger partial charge in [-0.3, -0.25) is 0 Å². The van der Waals surface area contributed by atoms with Gasteiger partial charge in [0.1, 0.15) is 0 Å². The van der Waals surface area contributed by atoms with Crippen LogP contribution in [0.2, 0.25) is 0 Å². The Kier molecular flexibility index (Phi) is 4.73. The lowest BCUT2D eigenvalue weighted by molar-refractivity contribution is 0.160. The van der Waals surface area contributed by atoms with Crippen molar-refractivity contribution in [1.82, 2.24) is 5.32 Å². The van der Waals surface area contributed by atoms with Gasteiger partial charge in [-0.1, -0.05) is 20.8 Å². The van der Waals surface area contributed by atoms with Crippen molar-refractivity contribution in [2.75, 3.05) is 0 Å². The van der Waals surface area contributed by atoms with E-state index in [0.717, 1.165) is 18.5 Å². The lowest BCUT2D eigenvalue weighted by Crippen LogP contribution is -2.35. The first-order valence-electron chi connectivity index (χ1n) is 7.65. The minimum Gasteiger partial charge on any atom is -0.309 e. The minimum absolute atomic E-state index is 0.493. The molecule has 0 aromatic carbocycles. The maximum absolute atomic E-state index is 3.76. The fourth-order valence-corrected chi connectivity index (χ4v) is 4.15. The topological polar surface area (TPSA) is 12.0 Å². The third kappa shape index (κ3) is 4.06. The zero-order chi connectivity index (χ0) is 14.0. The van der Waals surface area contributed by atoms with E-state index in [1.54, 1.807) is 0 Å². The van der Waals surface area contributed by atoms with Gasteiger partial charge in [-0.25, -0.2) is 0 Å². The van der Waals surface area contributed by atoms with E-state index in [9.17, 15) is 0 Å². The molecule has 1 heterocycles. The minimum atomic E-state index is 0.493. The molecule has 0 aliphatic heterocycles. The van der Waals surface area contributed by atoms with Crippen LogP contribution in [-0.4, -0.2) is 6.04 Å². The van der Waals surface area contributed by atoms with Gasteiger partial charge in [0.15, 0.2) is 0 Å². The third-order valence-electron chi connectivity index (χ3n) is 4.73. The average Bonchev–Trinajstić information content (AvgIpc) is 2.66. The summed E-state index contributed by atoms with van der Waals surface area (Å²) in [6.07, 6.45) is 5.49. The summed E-state index contributed by atoms with van der Waals surface area (Å²) < 4.78 is 0. The van der Waals surface area contributed by atoms with E-state index in [1.165, 1.54) is 41.0 Å². The summed E-state index contributed by atoms with van der Waals surface area (Å²) >= 11 is 1.95. The van der Waals surface area contributed by atoms with Crippen molar-refractivity contribution < 1.29 is 0 Å². The Morgan fingerprint density at radius 3 is 2.26 bits per heavy atom. The van der Waals surface area contributed by atoms with Crippen LogP contribution in [0.5, 0.6) is 0 Å². The first kappa shape index (κ1) is 15.1. The van der Waals surface area contributed by atoms with E-state index < -0.39 is 0 Å². The largest absolute Gasteiger partial charge is 0.309 e. The maximum atomic E-state index is 3.76. The molecular formula is C17H29NS. The van der Waals surface area contributed by atoms with E-state index in [2.05, 4.69) is 46.0 Å². The Morgan fingerprint density at radius 1 is 1.16 bits per heavy atom. The Hall–Kier alpha value is -0.340. The quantitative estimate of drug-likeness (QED) is 0.815. The molecule has 0 amide bonds. The first-order valence-corrected chi connectivity index (χ1v) is 8.47. The van der Waals surface area contributed by atoms with Crippen LogP contribution >= 0.6 is 11.3 Å². The lowest BCUT2D eigenvalue weighted by atomic mass is 9.71. The summed E-state index contributed by atoms with van der Waals surface area (Å²) in [5.41, 5.74) is 1.94. The number of hydrogen-bond acceptors (Lipinski definition) is 2. The molecule has 1 aromatic heterocycles. The van der Waals surface area contributed by atoms with Gasteiger partial charge in [-0.2, -0.15) is 0 Å². The number of nitrogens with one attached hydrogen (secondary N) is 1. The van der Waals surface area contributed by atoms with Gasteiger partial charge in [0.05, 0.1) is 0 Å². The summed E-state index contributed by atoms with van der Waals surface area (Å²) in [6, 6.07) is 3.08. The van der Waals surface area contributed by atoms with Crippen molar-refractivity contribution in [3.05, 3.63) is 21.4 Å². The van der Waals surface area contributed by atoms with Gasteiger partial charge in [0, 0.05) is 22.3 Å². The highest BCUT2D eigenvalue weighted by Crippen LogP contribution is 2.37. The molecule has 19 heavy (non-hydrogen) atoms. The van der Waals surface area contributed by atoms with Gasteiger partial charge in [0.2, 0.25) is 0 Å². The second kappa shape index (κ2) is 5.97. The normalized spacial score (nSPS) is 24.7. The molecule has 0 radical (unpaired) electrons. The third-order valence-corrected chi connectivity index (χ3v) is 5.89. The van der Waals surface area contributed by atoms with Gasteiger partial charge in [-0.05, 0) is 62.5 Å². The van der Waals surface area contributed by atoms with E-state index in [0.29, 0.717) is 5.41 Å². The summed E-state index contributed by atoms with van der Waals surface area (Å²) in [4.78, 5) is 2.96. The van der Waals surface area contributed by atoms with Gasteiger partial charge >= 0.3 is 0 Å². The van der Waals surface area contributed by atoms with Crippen LogP contribution in [0.4, 0.5) is 0 Å². The highest BCUT2D eigenvalue weighted by Gasteiger charge is 2.29. The molecule has 1 aliphatic carbocycles. The highest BCUT2D eigenvalue weighted by atomic mass is 32.1. The number of thiophene rings is 1. The van der Waals surface area contributed by atoms with Crippen LogP contribution in [0.15, 0.2) is 6.07 Å². The smallest absolute Gasteiger partial charge is 0.0302 e. The van der Waals surface area contributed by atoms with Crippen molar-refractivity contribution in [2.45, 2.75) is 72.9 Å². The predicted octanol–water partition coefficient (Wildman–Crippen LogP) is 5.06. The molecule has 0 spiro atoms. The monoisotopic (exact) mass is 279 g/mol. The van der Waals surface area contributed by atoms with Gasteiger partial charge in [0.25, 0.3) is 0 Å². The Morgan fingerprint density at radius 2 is 1.79 bits per heavy atom. The second-order valence-corrected chi connectivity index (χ2v) is 8.59. The number of hydrogen-bond donors (Lipinski definition) is 1. The van der Waals surface area contributed by atoms with Gasteiger partial charge in [-0.15, -0.1) is 11.3 Å². The Bertz CT molecular complexity index is 386. The second-order valence-electron chi connectivity index (χ2n) is 7.25. The van der Waals surface area contributed by atoms with E-state index in [1.807, 2.05) is 11.3 Å². The fraction of sp³-hybridized carbons (Fsp3) is 0.765. The average molecular weight is 279 g/mol. The molecule has 2 heteroatoms. The number of rotatable bonds is 3. The summed E-state index contributed by atoms with van der Waals surface area (Å²) in [6.45, 7) is 12.7. The summed E-state index contributed by atoms with van der Waals surface area (Å²) in [5, 5.41) is 3.76. The van der Waals surface area contributed by atoms with E-state index in [4.69, 9.17) is 0 Å². The predicted molar refractivity (Wildman–Crippen MR) is 85.8 cm³/mol. The van der Waals surface area contributed by atoms with Gasteiger partial charge < -0.3 is 5.32 Å². The highest BCUT2D eigenvalue weighted by molar-refractivity contribution is 7.12. The van der Waals surface area contributed by atoms with E-state index >= 15 is 0 Å². The number of aryl methyl sites for hydroxylation is 2. The molecular weight excluding hydrogens is 250 g/mol. The zero-order valence-electron chi connectivity index (χ0n) is 13.2. The SMILES string of the molecule is Cc1cc(CNC2CCC(C(C)(C)C)CC2)sc1C. The first-order chi connectivity index (χ1) is 8.86. The zero-order valence-corrected chi connectivity index (χ0v) is 14.0. The Balaban J connectivity index is 1.77. The van der Waals surface area contributed by atoms with Crippen molar-refractivity contribution in [3.8, 4) is 0 Å². The molecule has 2 rings (SSSR count). The molecule has 1 nitrogen and oxygen atoms in total. The maximum Gasteiger partial charge on any atom is 0.0302 e. The van der Waals surface area contributed by atoms with Crippen LogP contribution in [0, 0.1) is 25.2 Å². The molecule has 1 aromatic rings. The molecule has 0 atom stereocenters. The molecule has 0 unspecified atom stereocenters. The van der Waals surface area contributed by atoms with E-state index in [-0.39, 0.29) is 0 Å².